The minimum Gasteiger partial charge on any atom is -0.198 e. The van der Waals surface area contributed by atoms with Crippen LogP contribution in [0.3, 0.4) is 0 Å². The molecule has 0 aliphatic heterocycles. The molecule has 1 saturated carbocycles. The average molecular weight is 290 g/mol. The Morgan fingerprint density at radius 1 is 1.10 bits per heavy atom. The molecule has 0 spiro atoms. The fraction of sp³-hybridized carbons (Fsp3) is 0.684. The zero-order chi connectivity index (χ0) is 15.1. The second-order valence-corrected chi connectivity index (χ2v) is 7.32. The lowest BCUT2D eigenvalue weighted by Crippen LogP contribution is -2.49. The van der Waals surface area contributed by atoms with Crippen LogP contribution in [0.5, 0.6) is 0 Å². The van der Waals surface area contributed by atoms with E-state index in [1.165, 1.54) is 44.2 Å². The lowest BCUT2D eigenvalue weighted by molar-refractivity contribution is -1.10. The van der Waals surface area contributed by atoms with Crippen LogP contribution in [-0.2, 0) is 11.4 Å². The molecule has 1 aromatic rings. The van der Waals surface area contributed by atoms with Crippen LogP contribution in [-0.4, -0.2) is 24.8 Å². The Kier molecular flexibility index (Phi) is 6.25. The summed E-state index contributed by atoms with van der Waals surface area (Å²) in [7, 11) is 2.28. The Morgan fingerprint density at radius 2 is 1.76 bits per heavy atom. The standard InChI is InChI=1S/C19H32NO/c1-17(2)14-20(3,15-18-10-6-4-7-11-18)21-16-19-12-8-5-9-13-19/h5,8-9,12-13,17-18H,4,6-7,10-11,14-16H2,1-3H3/q+1. The molecule has 1 fully saturated rings. The Hall–Kier alpha value is -0.860. The first-order valence-electron chi connectivity index (χ1n) is 8.60. The first kappa shape index (κ1) is 16.5. The summed E-state index contributed by atoms with van der Waals surface area (Å²) in [5, 5.41) is 0. The number of quaternary nitrogens is 1. The van der Waals surface area contributed by atoms with E-state index in [0.29, 0.717) is 5.92 Å². The Balaban J connectivity index is 1.94. The Labute approximate surface area is 130 Å². The highest BCUT2D eigenvalue weighted by atomic mass is 16.7. The normalized spacial score (nSPS) is 19.6. The van der Waals surface area contributed by atoms with Crippen molar-refractivity contribution in [2.24, 2.45) is 11.8 Å². The van der Waals surface area contributed by atoms with Crippen molar-refractivity contribution in [2.45, 2.75) is 52.6 Å². The summed E-state index contributed by atoms with van der Waals surface area (Å²) in [5.74, 6) is 1.51. The molecule has 1 aliphatic carbocycles. The van der Waals surface area contributed by atoms with E-state index in [9.17, 15) is 0 Å². The molecule has 0 amide bonds. The van der Waals surface area contributed by atoms with Gasteiger partial charge in [0.25, 0.3) is 0 Å². The maximum Gasteiger partial charge on any atom is 0.131 e. The van der Waals surface area contributed by atoms with Crippen molar-refractivity contribution >= 4 is 0 Å². The molecule has 1 aliphatic rings. The van der Waals surface area contributed by atoms with Gasteiger partial charge in [0.2, 0.25) is 0 Å². The van der Waals surface area contributed by atoms with E-state index >= 15 is 0 Å². The maximum absolute atomic E-state index is 6.37. The smallest absolute Gasteiger partial charge is 0.131 e. The molecule has 2 nitrogen and oxygen atoms in total. The van der Waals surface area contributed by atoms with E-state index < -0.39 is 0 Å². The third-order valence-corrected chi connectivity index (χ3v) is 4.51. The van der Waals surface area contributed by atoms with E-state index in [4.69, 9.17) is 4.84 Å². The third kappa shape index (κ3) is 5.80. The molecular weight excluding hydrogens is 258 g/mol. The summed E-state index contributed by atoms with van der Waals surface area (Å²) in [6.07, 6.45) is 7.02. The predicted molar refractivity (Wildman–Crippen MR) is 88.6 cm³/mol. The van der Waals surface area contributed by atoms with Crippen LogP contribution in [0.4, 0.5) is 0 Å². The van der Waals surface area contributed by atoms with Crippen molar-refractivity contribution in [3.05, 3.63) is 35.9 Å². The van der Waals surface area contributed by atoms with E-state index in [-0.39, 0.29) is 0 Å². The van der Waals surface area contributed by atoms with Crippen molar-refractivity contribution < 1.29 is 9.48 Å². The number of hydrogen-bond acceptors (Lipinski definition) is 1. The van der Waals surface area contributed by atoms with Gasteiger partial charge in [0, 0.05) is 11.8 Å². The summed E-state index contributed by atoms with van der Waals surface area (Å²) >= 11 is 0. The average Bonchev–Trinajstić information content (AvgIpc) is 2.46. The van der Waals surface area contributed by atoms with Gasteiger partial charge in [-0.25, -0.2) is 0 Å². The lowest BCUT2D eigenvalue weighted by atomic mass is 9.89. The minimum atomic E-state index is 0.661. The molecule has 21 heavy (non-hydrogen) atoms. The van der Waals surface area contributed by atoms with Crippen LogP contribution in [0.1, 0.15) is 51.5 Å². The molecule has 0 heterocycles. The predicted octanol–water partition coefficient (Wildman–Crippen LogP) is 4.80. The topological polar surface area (TPSA) is 9.23 Å². The van der Waals surface area contributed by atoms with E-state index in [1.54, 1.807) is 0 Å². The van der Waals surface area contributed by atoms with Gasteiger partial charge < -0.3 is 0 Å². The lowest BCUT2D eigenvalue weighted by Gasteiger charge is -2.37. The van der Waals surface area contributed by atoms with Gasteiger partial charge in [0.15, 0.2) is 0 Å². The zero-order valence-corrected chi connectivity index (χ0v) is 14.1. The highest BCUT2D eigenvalue weighted by Gasteiger charge is 2.30. The maximum atomic E-state index is 6.37. The summed E-state index contributed by atoms with van der Waals surface area (Å²) in [6.45, 7) is 7.58. The molecular formula is C19H32NO+. The molecule has 2 heteroatoms. The van der Waals surface area contributed by atoms with Gasteiger partial charge in [-0.05, 0) is 18.4 Å². The van der Waals surface area contributed by atoms with Gasteiger partial charge >= 0.3 is 0 Å². The molecule has 2 rings (SSSR count). The molecule has 1 aromatic carbocycles. The van der Waals surface area contributed by atoms with Crippen LogP contribution >= 0.6 is 0 Å². The number of hydroxylamine groups is 3. The number of nitrogens with zero attached hydrogens (tertiary/aromatic N) is 1. The molecule has 0 saturated heterocycles. The van der Waals surface area contributed by atoms with Crippen molar-refractivity contribution in [1.29, 1.82) is 0 Å². The first-order chi connectivity index (χ1) is 10.1. The molecule has 118 valence electrons. The summed E-state index contributed by atoms with van der Waals surface area (Å²) in [4.78, 5) is 6.37. The van der Waals surface area contributed by atoms with Gasteiger partial charge in [0.1, 0.15) is 19.7 Å². The largest absolute Gasteiger partial charge is 0.198 e. The number of benzene rings is 1. The molecule has 0 bridgehead atoms. The van der Waals surface area contributed by atoms with Crippen LogP contribution in [0.25, 0.3) is 0 Å². The second kappa shape index (κ2) is 7.95. The highest BCUT2D eigenvalue weighted by Crippen LogP contribution is 2.27. The van der Waals surface area contributed by atoms with Crippen LogP contribution < -0.4 is 0 Å². The second-order valence-electron chi connectivity index (χ2n) is 7.32. The van der Waals surface area contributed by atoms with Crippen LogP contribution in [0, 0.1) is 11.8 Å². The van der Waals surface area contributed by atoms with Crippen molar-refractivity contribution in [2.75, 3.05) is 20.1 Å². The molecule has 1 unspecified atom stereocenters. The van der Waals surface area contributed by atoms with Gasteiger partial charge in [-0.1, -0.05) is 63.4 Å². The fourth-order valence-electron chi connectivity index (χ4n) is 3.67. The summed E-state index contributed by atoms with van der Waals surface area (Å²) < 4.78 is 0.761. The van der Waals surface area contributed by atoms with Gasteiger partial charge in [-0.15, -0.1) is 0 Å². The van der Waals surface area contributed by atoms with E-state index in [1.807, 2.05) is 0 Å². The SMILES string of the molecule is CC(C)C[N+](C)(CC1CCCCC1)OCc1ccccc1. The Morgan fingerprint density at radius 3 is 2.38 bits per heavy atom. The zero-order valence-electron chi connectivity index (χ0n) is 14.1. The summed E-state index contributed by atoms with van der Waals surface area (Å²) in [6, 6.07) is 10.5. The third-order valence-electron chi connectivity index (χ3n) is 4.51. The summed E-state index contributed by atoms with van der Waals surface area (Å²) in [5.41, 5.74) is 1.27. The highest BCUT2D eigenvalue weighted by molar-refractivity contribution is 5.13. The molecule has 1 atom stereocenters. The van der Waals surface area contributed by atoms with Gasteiger partial charge in [-0.3, -0.25) is 0 Å². The monoisotopic (exact) mass is 290 g/mol. The van der Waals surface area contributed by atoms with Crippen LogP contribution in [0.15, 0.2) is 30.3 Å². The molecule has 0 N–H and O–H groups in total. The molecule has 0 radical (unpaired) electrons. The van der Waals surface area contributed by atoms with Crippen LogP contribution in [0.2, 0.25) is 0 Å². The fourth-order valence-corrected chi connectivity index (χ4v) is 3.67. The quantitative estimate of drug-likeness (QED) is 0.517. The van der Waals surface area contributed by atoms with E-state index in [0.717, 1.165) is 23.7 Å². The van der Waals surface area contributed by atoms with Gasteiger partial charge in [-0.2, -0.15) is 9.48 Å². The minimum absolute atomic E-state index is 0.661. The number of rotatable bonds is 7. The van der Waals surface area contributed by atoms with Gasteiger partial charge in [0.05, 0.1) is 7.05 Å². The van der Waals surface area contributed by atoms with E-state index in [2.05, 4.69) is 51.2 Å². The van der Waals surface area contributed by atoms with Crippen molar-refractivity contribution in [1.82, 2.24) is 0 Å². The number of hydrogen-bond donors (Lipinski definition) is 0. The first-order valence-corrected chi connectivity index (χ1v) is 8.60. The van der Waals surface area contributed by atoms with Crippen molar-refractivity contribution in [3.63, 3.8) is 0 Å². The molecule has 0 aromatic heterocycles. The van der Waals surface area contributed by atoms with Crippen molar-refractivity contribution in [3.8, 4) is 0 Å². The Bertz CT molecular complexity index is 397.